The number of urea groups is 1. The Bertz CT molecular complexity index is 1340. The lowest BCUT2D eigenvalue weighted by Crippen LogP contribution is -2.41. The number of amides is 3. The molecule has 3 aromatic rings. The molecule has 3 rings (SSSR count). The highest BCUT2D eigenvalue weighted by atomic mass is 35.6. The fourth-order valence-corrected chi connectivity index (χ4v) is 3.50. The van der Waals surface area contributed by atoms with Gasteiger partial charge in [0.2, 0.25) is 0 Å². The third kappa shape index (κ3) is 5.23. The zero-order valence-corrected chi connectivity index (χ0v) is 20.2. The first-order valence-electron chi connectivity index (χ1n) is 9.86. The monoisotopic (exact) mass is 518 g/mol. The quantitative estimate of drug-likeness (QED) is 0.357. The average Bonchev–Trinajstić information content (AvgIpc) is 2.78. The van der Waals surface area contributed by atoms with Crippen LogP contribution in [0.4, 0.5) is 10.5 Å². The molecule has 1 heterocycles. The third-order valence-corrected chi connectivity index (χ3v) is 5.29. The molecule has 174 valence electrons. The zero-order valence-electron chi connectivity index (χ0n) is 17.9. The first-order chi connectivity index (χ1) is 16.1. The van der Waals surface area contributed by atoms with E-state index >= 15 is 0 Å². The average molecular weight is 520 g/mol. The lowest BCUT2D eigenvalue weighted by molar-refractivity contribution is -0.119. The number of nitriles is 1. The molecule has 0 aliphatic carbocycles. The van der Waals surface area contributed by atoms with E-state index in [-0.39, 0.29) is 29.1 Å². The van der Waals surface area contributed by atoms with E-state index in [0.717, 1.165) is 16.3 Å². The Kier molecular flexibility index (Phi) is 7.62. The van der Waals surface area contributed by atoms with Crippen LogP contribution in [-0.4, -0.2) is 33.3 Å². The van der Waals surface area contributed by atoms with Crippen molar-refractivity contribution in [3.63, 3.8) is 0 Å². The van der Waals surface area contributed by atoms with Gasteiger partial charge in [-0.15, -0.1) is 0 Å². The molecule has 8 nitrogen and oxygen atoms in total. The van der Waals surface area contributed by atoms with Crippen LogP contribution >= 0.6 is 34.8 Å². The number of alkyl halides is 3. The number of nitrogens with one attached hydrogen (secondary N) is 2. The van der Waals surface area contributed by atoms with Gasteiger partial charge >= 0.3 is 12.0 Å². The van der Waals surface area contributed by atoms with E-state index in [4.69, 9.17) is 39.5 Å². The molecule has 3 amide bonds. The number of imide groups is 1. The molecule has 0 unspecified atom stereocenters. The molecule has 0 bridgehead atoms. The Balaban J connectivity index is 2.20. The highest BCUT2D eigenvalue weighted by molar-refractivity contribution is 6.76. The van der Waals surface area contributed by atoms with Crippen LogP contribution in [0.3, 0.4) is 0 Å². The minimum absolute atomic E-state index is 0.0440. The number of pyridine rings is 1. The summed E-state index contributed by atoms with van der Waals surface area (Å²) in [5.41, 5.74) is 1.27. The minimum atomic E-state index is -2.40. The smallest absolute Gasteiger partial charge is 0.341 e. The summed E-state index contributed by atoms with van der Waals surface area (Å²) in [6.45, 7) is 3.56. The molecule has 0 saturated heterocycles. The summed E-state index contributed by atoms with van der Waals surface area (Å²) in [5.74, 6) is -2.04. The van der Waals surface area contributed by atoms with Crippen LogP contribution in [0.2, 0.25) is 0 Å². The fraction of sp³-hybridized carbons (Fsp3) is 0.174. The SMILES string of the molecule is CCOC(=O)c1cnc(-c2cccc3cccc(C)c23)c(C#N)c1NC(=O)NC(=O)C(Cl)(Cl)Cl. The summed E-state index contributed by atoms with van der Waals surface area (Å²) in [5, 5.41) is 16.0. The van der Waals surface area contributed by atoms with Crippen molar-refractivity contribution in [2.45, 2.75) is 17.6 Å². The van der Waals surface area contributed by atoms with Gasteiger partial charge in [-0.3, -0.25) is 15.1 Å². The molecular formula is C23H17Cl3N4O4. The third-order valence-electron chi connectivity index (χ3n) is 4.78. The van der Waals surface area contributed by atoms with Gasteiger partial charge in [0.05, 0.1) is 18.0 Å². The van der Waals surface area contributed by atoms with Crippen molar-refractivity contribution in [3.05, 3.63) is 59.3 Å². The van der Waals surface area contributed by atoms with Crippen molar-refractivity contribution in [1.29, 1.82) is 5.26 Å². The number of fused-ring (bicyclic) bond motifs is 1. The number of carbonyl (C=O) groups is 3. The summed E-state index contributed by atoms with van der Waals surface area (Å²) in [7, 11) is 0. The van der Waals surface area contributed by atoms with Gasteiger partial charge < -0.3 is 10.1 Å². The Hall–Kier alpha value is -3.38. The van der Waals surface area contributed by atoms with Gasteiger partial charge in [-0.1, -0.05) is 71.2 Å². The van der Waals surface area contributed by atoms with Crippen LogP contribution in [0, 0.1) is 18.3 Å². The number of esters is 1. The van der Waals surface area contributed by atoms with Crippen molar-refractivity contribution >= 4 is 69.2 Å². The van der Waals surface area contributed by atoms with Crippen molar-refractivity contribution in [3.8, 4) is 17.3 Å². The molecule has 0 radical (unpaired) electrons. The van der Waals surface area contributed by atoms with E-state index < -0.39 is 21.7 Å². The van der Waals surface area contributed by atoms with E-state index in [1.165, 1.54) is 6.20 Å². The fourth-order valence-electron chi connectivity index (χ4n) is 3.36. The highest BCUT2D eigenvalue weighted by Crippen LogP contribution is 2.35. The van der Waals surface area contributed by atoms with Crippen molar-refractivity contribution in [2.24, 2.45) is 0 Å². The predicted octanol–water partition coefficient (Wildman–Crippen LogP) is 5.28. The maximum Gasteiger partial charge on any atom is 0.341 e. The molecule has 1 aromatic heterocycles. The van der Waals surface area contributed by atoms with Crippen molar-refractivity contribution in [2.75, 3.05) is 11.9 Å². The second-order valence-electron chi connectivity index (χ2n) is 6.99. The number of aromatic nitrogens is 1. The highest BCUT2D eigenvalue weighted by Gasteiger charge is 2.33. The number of aryl methyl sites for hydroxylation is 1. The molecule has 0 fully saturated rings. The van der Waals surface area contributed by atoms with Crippen LogP contribution in [0.5, 0.6) is 0 Å². The van der Waals surface area contributed by atoms with E-state index in [9.17, 15) is 19.6 Å². The number of carbonyl (C=O) groups excluding carboxylic acids is 3. The number of hydrogen-bond donors (Lipinski definition) is 2. The standard InChI is InChI=1S/C23H17Cl3N4O4/c1-3-34-20(31)16-11-28-18(14-9-5-8-13-7-4-6-12(2)17(13)14)15(10-27)19(16)29-22(33)30-21(32)23(24,25)26/h4-9,11H,3H2,1-2H3,(H2,28,29,30,32,33). The summed E-state index contributed by atoms with van der Waals surface area (Å²) in [6, 6.07) is 12.1. The molecule has 11 heteroatoms. The molecule has 2 aromatic carbocycles. The van der Waals surface area contributed by atoms with Gasteiger partial charge in [-0.2, -0.15) is 5.26 Å². The van der Waals surface area contributed by atoms with E-state index in [2.05, 4.69) is 10.3 Å². The largest absolute Gasteiger partial charge is 0.462 e. The van der Waals surface area contributed by atoms with Gasteiger partial charge in [-0.25, -0.2) is 9.59 Å². The number of halogens is 3. The molecule has 0 aliphatic heterocycles. The van der Waals surface area contributed by atoms with Crippen LogP contribution in [0.1, 0.15) is 28.4 Å². The number of hydrogen-bond acceptors (Lipinski definition) is 6. The van der Waals surface area contributed by atoms with Gasteiger partial charge in [0, 0.05) is 11.8 Å². The Labute approximate surface area is 209 Å². The molecule has 0 aliphatic rings. The molecule has 0 saturated carbocycles. The second kappa shape index (κ2) is 10.3. The Morgan fingerprint density at radius 1 is 1.15 bits per heavy atom. The van der Waals surface area contributed by atoms with E-state index in [1.807, 2.05) is 42.6 Å². The van der Waals surface area contributed by atoms with Gasteiger partial charge in [0.1, 0.15) is 17.2 Å². The van der Waals surface area contributed by atoms with Crippen LogP contribution in [0.15, 0.2) is 42.6 Å². The maximum atomic E-state index is 12.5. The van der Waals surface area contributed by atoms with Crippen molar-refractivity contribution < 1.29 is 19.1 Å². The van der Waals surface area contributed by atoms with E-state index in [1.54, 1.807) is 19.1 Å². The lowest BCUT2D eigenvalue weighted by atomic mass is 9.94. The summed E-state index contributed by atoms with van der Waals surface area (Å²) >= 11 is 16.5. The zero-order chi connectivity index (χ0) is 25.0. The number of rotatable bonds is 4. The summed E-state index contributed by atoms with van der Waals surface area (Å²) < 4.78 is 2.63. The van der Waals surface area contributed by atoms with E-state index in [0.29, 0.717) is 5.56 Å². The van der Waals surface area contributed by atoms with Crippen LogP contribution in [0.25, 0.3) is 22.0 Å². The summed E-state index contributed by atoms with van der Waals surface area (Å²) in [6.07, 6.45) is 1.19. The van der Waals surface area contributed by atoms with Crippen LogP contribution < -0.4 is 10.6 Å². The minimum Gasteiger partial charge on any atom is -0.462 e. The number of anilines is 1. The normalized spacial score (nSPS) is 10.9. The van der Waals surface area contributed by atoms with Crippen LogP contribution in [-0.2, 0) is 9.53 Å². The summed E-state index contributed by atoms with van der Waals surface area (Å²) in [4.78, 5) is 41.3. The molecule has 0 spiro atoms. The van der Waals surface area contributed by atoms with Gasteiger partial charge in [0.25, 0.3) is 9.70 Å². The molecule has 2 N–H and O–H groups in total. The van der Waals surface area contributed by atoms with Gasteiger partial charge in [-0.05, 0) is 30.2 Å². The topological polar surface area (TPSA) is 121 Å². The van der Waals surface area contributed by atoms with Crippen molar-refractivity contribution in [1.82, 2.24) is 10.3 Å². The first kappa shape index (κ1) is 25.2. The molecule has 34 heavy (non-hydrogen) atoms. The first-order valence-corrected chi connectivity index (χ1v) is 11.0. The maximum absolute atomic E-state index is 12.5. The Morgan fingerprint density at radius 3 is 2.44 bits per heavy atom. The predicted molar refractivity (Wildman–Crippen MR) is 130 cm³/mol. The second-order valence-corrected chi connectivity index (χ2v) is 9.27. The lowest BCUT2D eigenvalue weighted by Gasteiger charge is -2.17. The number of ether oxygens (including phenoxy) is 1. The Morgan fingerprint density at radius 2 is 1.82 bits per heavy atom. The van der Waals surface area contributed by atoms with Gasteiger partial charge in [0.15, 0.2) is 0 Å². The number of nitrogens with zero attached hydrogens (tertiary/aromatic N) is 2. The molecule has 0 atom stereocenters. The number of benzene rings is 2. The molecular weight excluding hydrogens is 503 g/mol.